The van der Waals surface area contributed by atoms with Crippen LogP contribution in [0.15, 0.2) is 78.9 Å². The second kappa shape index (κ2) is 12.6. The van der Waals surface area contributed by atoms with E-state index in [1.165, 1.54) is 35.2 Å². The first-order valence-electron chi connectivity index (χ1n) is 12.1. The van der Waals surface area contributed by atoms with E-state index in [2.05, 4.69) is 5.32 Å². The Balaban J connectivity index is 2.07. The molecule has 3 aromatic rings. The maximum atomic E-state index is 14.7. The first-order chi connectivity index (χ1) is 18.0. The number of amides is 2. The van der Waals surface area contributed by atoms with Gasteiger partial charge in [-0.25, -0.2) is 17.2 Å². The Bertz CT molecular complexity index is 1370. The number of carbonyl (C=O) groups excluding carboxylic acids is 2. The summed E-state index contributed by atoms with van der Waals surface area (Å²) in [6.45, 7) is 2.55. The van der Waals surface area contributed by atoms with Crippen LogP contribution in [0.25, 0.3) is 0 Å². The molecule has 202 valence electrons. The zero-order chi connectivity index (χ0) is 27.9. The molecule has 3 aromatic carbocycles. The van der Waals surface area contributed by atoms with Gasteiger partial charge in [-0.05, 0) is 43.7 Å². The van der Waals surface area contributed by atoms with Crippen molar-refractivity contribution in [3.63, 3.8) is 0 Å². The third-order valence-corrected chi connectivity index (χ3v) is 6.92. The molecule has 7 nitrogen and oxygen atoms in total. The van der Waals surface area contributed by atoms with Gasteiger partial charge < -0.3 is 10.2 Å². The quantitative estimate of drug-likeness (QED) is 0.398. The predicted molar refractivity (Wildman–Crippen MR) is 143 cm³/mol. The molecule has 2 amide bonds. The van der Waals surface area contributed by atoms with Crippen molar-refractivity contribution in [1.29, 1.82) is 0 Å². The van der Waals surface area contributed by atoms with Crippen molar-refractivity contribution in [3.05, 3.63) is 102 Å². The SMILES string of the molecule is CC(C)NC(=O)[C@@H](Cc1ccccc1)N(Cc1ccccc1F)C(=O)CN(c1cccc(F)c1)S(C)(=O)=O. The number of nitrogens with zero attached hydrogens (tertiary/aromatic N) is 2. The Labute approximate surface area is 222 Å². The summed E-state index contributed by atoms with van der Waals surface area (Å²) in [4.78, 5) is 28.4. The molecule has 0 radical (unpaired) electrons. The van der Waals surface area contributed by atoms with E-state index in [1.807, 2.05) is 6.07 Å². The molecule has 3 rings (SSSR count). The van der Waals surface area contributed by atoms with E-state index >= 15 is 0 Å². The molecule has 0 aliphatic rings. The van der Waals surface area contributed by atoms with Crippen molar-refractivity contribution in [1.82, 2.24) is 10.2 Å². The molecule has 0 spiro atoms. The Morgan fingerprint density at radius 3 is 2.18 bits per heavy atom. The van der Waals surface area contributed by atoms with Gasteiger partial charge in [0.05, 0.1) is 11.9 Å². The Kier molecular flexibility index (Phi) is 9.57. The van der Waals surface area contributed by atoms with Gasteiger partial charge in [0.2, 0.25) is 21.8 Å². The van der Waals surface area contributed by atoms with Crippen LogP contribution in [0.2, 0.25) is 0 Å². The molecule has 0 saturated carbocycles. The topological polar surface area (TPSA) is 86.8 Å². The summed E-state index contributed by atoms with van der Waals surface area (Å²) >= 11 is 0. The standard InChI is InChI=1S/C28H31F2N3O4S/c1-20(2)31-28(35)26(16-21-10-5-4-6-11-21)32(18-22-12-7-8-15-25(22)30)27(34)19-33(38(3,36)37)24-14-9-13-23(29)17-24/h4-15,17,20,26H,16,18-19H2,1-3H3,(H,31,35)/t26-/m1/s1. The maximum Gasteiger partial charge on any atom is 0.244 e. The zero-order valence-electron chi connectivity index (χ0n) is 21.5. The molecule has 1 atom stereocenters. The van der Waals surface area contributed by atoms with Crippen molar-refractivity contribution in [3.8, 4) is 0 Å². The molecule has 10 heteroatoms. The molecule has 38 heavy (non-hydrogen) atoms. The molecule has 0 saturated heterocycles. The minimum absolute atomic E-state index is 0.0436. The van der Waals surface area contributed by atoms with Crippen LogP contribution in [0.4, 0.5) is 14.5 Å². The number of sulfonamides is 1. The van der Waals surface area contributed by atoms with E-state index in [4.69, 9.17) is 0 Å². The van der Waals surface area contributed by atoms with Crippen LogP contribution in [0.5, 0.6) is 0 Å². The summed E-state index contributed by atoms with van der Waals surface area (Å²) < 4.78 is 54.7. The van der Waals surface area contributed by atoms with Gasteiger partial charge in [0.1, 0.15) is 24.2 Å². The summed E-state index contributed by atoms with van der Waals surface area (Å²) in [6, 6.07) is 18.4. The fourth-order valence-electron chi connectivity index (χ4n) is 3.99. The number of hydrogen-bond acceptors (Lipinski definition) is 4. The molecule has 0 aliphatic carbocycles. The molecule has 0 unspecified atom stereocenters. The number of benzene rings is 3. The third kappa shape index (κ3) is 7.85. The van der Waals surface area contributed by atoms with Crippen LogP contribution < -0.4 is 9.62 Å². The minimum Gasteiger partial charge on any atom is -0.352 e. The Morgan fingerprint density at radius 2 is 1.58 bits per heavy atom. The van der Waals surface area contributed by atoms with Crippen LogP contribution in [-0.4, -0.2) is 50.0 Å². The second-order valence-corrected chi connectivity index (χ2v) is 11.1. The third-order valence-electron chi connectivity index (χ3n) is 5.78. The summed E-state index contributed by atoms with van der Waals surface area (Å²) in [5.74, 6) is -2.46. The Morgan fingerprint density at radius 1 is 0.921 bits per heavy atom. The largest absolute Gasteiger partial charge is 0.352 e. The number of anilines is 1. The van der Waals surface area contributed by atoms with Gasteiger partial charge in [-0.3, -0.25) is 13.9 Å². The lowest BCUT2D eigenvalue weighted by Gasteiger charge is -2.34. The van der Waals surface area contributed by atoms with E-state index in [-0.39, 0.29) is 30.3 Å². The molecular weight excluding hydrogens is 512 g/mol. The van der Waals surface area contributed by atoms with E-state index in [1.54, 1.807) is 44.2 Å². The molecule has 0 fully saturated rings. The van der Waals surface area contributed by atoms with Crippen LogP contribution in [0.1, 0.15) is 25.0 Å². The monoisotopic (exact) mass is 543 g/mol. The van der Waals surface area contributed by atoms with Gasteiger partial charge in [0, 0.05) is 24.6 Å². The van der Waals surface area contributed by atoms with Gasteiger partial charge in [-0.1, -0.05) is 54.6 Å². The predicted octanol–water partition coefficient (Wildman–Crippen LogP) is 3.90. The van der Waals surface area contributed by atoms with Gasteiger partial charge >= 0.3 is 0 Å². The normalized spacial score (nSPS) is 12.2. The smallest absolute Gasteiger partial charge is 0.244 e. The molecule has 0 aromatic heterocycles. The lowest BCUT2D eigenvalue weighted by atomic mass is 10.0. The highest BCUT2D eigenvalue weighted by molar-refractivity contribution is 7.92. The van der Waals surface area contributed by atoms with Crippen molar-refractivity contribution in [2.75, 3.05) is 17.1 Å². The van der Waals surface area contributed by atoms with Crippen molar-refractivity contribution in [2.24, 2.45) is 0 Å². The van der Waals surface area contributed by atoms with E-state index in [0.717, 1.165) is 28.3 Å². The van der Waals surface area contributed by atoms with Gasteiger partial charge in [-0.15, -0.1) is 0 Å². The van der Waals surface area contributed by atoms with E-state index in [9.17, 15) is 26.8 Å². The summed E-state index contributed by atoms with van der Waals surface area (Å²) in [5.41, 5.74) is 0.874. The maximum absolute atomic E-state index is 14.7. The average molecular weight is 544 g/mol. The highest BCUT2D eigenvalue weighted by atomic mass is 32.2. The Hall–Kier alpha value is -3.79. The molecule has 0 heterocycles. The first kappa shape index (κ1) is 28.8. The summed E-state index contributed by atoms with van der Waals surface area (Å²) in [7, 11) is -4.02. The molecule has 0 bridgehead atoms. The fourth-order valence-corrected chi connectivity index (χ4v) is 4.83. The van der Waals surface area contributed by atoms with Gasteiger partial charge in [0.25, 0.3) is 0 Å². The second-order valence-electron chi connectivity index (χ2n) is 9.23. The fraction of sp³-hybridized carbons (Fsp3) is 0.286. The summed E-state index contributed by atoms with van der Waals surface area (Å²) in [5, 5.41) is 2.81. The van der Waals surface area contributed by atoms with Crippen LogP contribution in [0, 0.1) is 11.6 Å². The summed E-state index contributed by atoms with van der Waals surface area (Å²) in [6.07, 6.45) is 1.01. The van der Waals surface area contributed by atoms with Gasteiger partial charge in [0.15, 0.2) is 0 Å². The van der Waals surface area contributed by atoms with Crippen molar-refractivity contribution < 1.29 is 26.8 Å². The van der Waals surface area contributed by atoms with Gasteiger partial charge in [-0.2, -0.15) is 0 Å². The number of carbonyl (C=O) groups is 2. The number of hydrogen-bond donors (Lipinski definition) is 1. The number of nitrogens with one attached hydrogen (secondary N) is 1. The highest BCUT2D eigenvalue weighted by Crippen LogP contribution is 2.21. The minimum atomic E-state index is -4.02. The van der Waals surface area contributed by atoms with Crippen LogP contribution in [-0.2, 0) is 32.6 Å². The highest BCUT2D eigenvalue weighted by Gasteiger charge is 2.33. The van der Waals surface area contributed by atoms with Crippen molar-refractivity contribution >= 4 is 27.5 Å². The first-order valence-corrected chi connectivity index (χ1v) is 13.9. The average Bonchev–Trinajstić information content (AvgIpc) is 2.85. The van der Waals surface area contributed by atoms with Crippen molar-refractivity contribution in [2.45, 2.75) is 38.9 Å². The number of rotatable bonds is 11. The molecular formula is C28H31F2N3O4S. The number of halogens is 2. The van der Waals surface area contributed by atoms with E-state index in [0.29, 0.717) is 0 Å². The van der Waals surface area contributed by atoms with Crippen LogP contribution in [0.3, 0.4) is 0 Å². The lowest BCUT2D eigenvalue weighted by Crippen LogP contribution is -2.54. The molecule has 1 N–H and O–H groups in total. The van der Waals surface area contributed by atoms with Crippen LogP contribution >= 0.6 is 0 Å². The lowest BCUT2D eigenvalue weighted by molar-refractivity contribution is -0.140. The molecule has 0 aliphatic heterocycles. The zero-order valence-corrected chi connectivity index (χ0v) is 22.3. The van der Waals surface area contributed by atoms with E-state index < -0.39 is 46.1 Å².